The molecule has 0 saturated carbocycles. The van der Waals surface area contributed by atoms with E-state index in [2.05, 4.69) is 28.3 Å². The van der Waals surface area contributed by atoms with E-state index in [1.165, 1.54) is 5.56 Å². The van der Waals surface area contributed by atoms with Crippen molar-refractivity contribution in [3.8, 4) is 0 Å². The molecular weight excluding hydrogens is 313 g/mol. The van der Waals surface area contributed by atoms with Crippen molar-refractivity contribution in [2.45, 2.75) is 39.7 Å². The summed E-state index contributed by atoms with van der Waals surface area (Å²) < 4.78 is 14.0. The highest BCUT2D eigenvalue weighted by atomic mass is 19.1. The lowest BCUT2D eigenvalue weighted by atomic mass is 9.79. The Morgan fingerprint density at radius 1 is 1.16 bits per heavy atom. The Morgan fingerprint density at radius 3 is 2.84 bits per heavy atom. The molecule has 2 aromatic carbocycles. The van der Waals surface area contributed by atoms with Crippen LogP contribution >= 0.6 is 0 Å². The molecule has 2 atom stereocenters. The van der Waals surface area contributed by atoms with E-state index >= 15 is 0 Å². The molecule has 4 heteroatoms. The first-order valence-electron chi connectivity index (χ1n) is 8.81. The number of nitrogens with one attached hydrogen (secondary N) is 1. The molecule has 4 rings (SSSR count). The maximum atomic E-state index is 14.0. The highest BCUT2D eigenvalue weighted by Crippen LogP contribution is 2.39. The van der Waals surface area contributed by atoms with E-state index in [0.717, 1.165) is 46.4 Å². The molecule has 3 aromatic rings. The van der Waals surface area contributed by atoms with Crippen molar-refractivity contribution >= 4 is 16.6 Å². The number of hydrogen-bond acceptors (Lipinski definition) is 3. The van der Waals surface area contributed by atoms with Crippen molar-refractivity contribution in [3.63, 3.8) is 0 Å². The maximum absolute atomic E-state index is 14.0. The highest BCUT2D eigenvalue weighted by Gasteiger charge is 2.28. The molecule has 1 heterocycles. The third-order valence-corrected chi connectivity index (χ3v) is 5.38. The van der Waals surface area contributed by atoms with E-state index < -0.39 is 0 Å². The monoisotopic (exact) mass is 335 g/mol. The molecule has 0 saturated heterocycles. The van der Waals surface area contributed by atoms with Crippen molar-refractivity contribution in [1.82, 2.24) is 9.97 Å². The summed E-state index contributed by atoms with van der Waals surface area (Å²) in [4.78, 5) is 8.87. The Balaban J connectivity index is 1.78. The number of rotatable bonds is 2. The Hall–Kier alpha value is -2.49. The van der Waals surface area contributed by atoms with Crippen molar-refractivity contribution < 1.29 is 4.39 Å². The molecule has 2 unspecified atom stereocenters. The number of anilines is 1. The molecule has 25 heavy (non-hydrogen) atoms. The van der Waals surface area contributed by atoms with Crippen LogP contribution in [0.1, 0.15) is 41.9 Å². The van der Waals surface area contributed by atoms with Crippen LogP contribution in [0.4, 0.5) is 10.1 Å². The van der Waals surface area contributed by atoms with Gasteiger partial charge in [0.15, 0.2) is 0 Å². The summed E-state index contributed by atoms with van der Waals surface area (Å²) >= 11 is 0. The largest absolute Gasteiger partial charge is 0.377 e. The summed E-state index contributed by atoms with van der Waals surface area (Å²) in [6, 6.07) is 9.79. The van der Waals surface area contributed by atoms with Gasteiger partial charge in [-0.25, -0.2) is 14.4 Å². The van der Waals surface area contributed by atoms with Gasteiger partial charge in [-0.2, -0.15) is 0 Å². The first-order chi connectivity index (χ1) is 12.0. The van der Waals surface area contributed by atoms with Crippen LogP contribution < -0.4 is 5.32 Å². The summed E-state index contributed by atoms with van der Waals surface area (Å²) in [5.74, 6) is 1.13. The van der Waals surface area contributed by atoms with Crippen LogP contribution in [-0.4, -0.2) is 9.97 Å². The minimum atomic E-state index is -0.110. The highest BCUT2D eigenvalue weighted by molar-refractivity contribution is 5.90. The summed E-state index contributed by atoms with van der Waals surface area (Å²) in [7, 11) is 0. The van der Waals surface area contributed by atoms with Gasteiger partial charge < -0.3 is 5.32 Å². The van der Waals surface area contributed by atoms with Gasteiger partial charge in [0.2, 0.25) is 0 Å². The van der Waals surface area contributed by atoms with Gasteiger partial charge in [0.1, 0.15) is 11.6 Å². The Morgan fingerprint density at radius 2 is 2.00 bits per heavy atom. The smallest absolute Gasteiger partial charge is 0.126 e. The number of halogens is 1. The van der Waals surface area contributed by atoms with Gasteiger partial charge in [-0.05, 0) is 67.5 Å². The van der Waals surface area contributed by atoms with E-state index in [1.54, 1.807) is 6.07 Å². The van der Waals surface area contributed by atoms with Gasteiger partial charge >= 0.3 is 0 Å². The van der Waals surface area contributed by atoms with Crippen LogP contribution in [-0.2, 0) is 6.42 Å². The fourth-order valence-electron chi connectivity index (χ4n) is 3.88. The zero-order valence-electron chi connectivity index (χ0n) is 14.8. The van der Waals surface area contributed by atoms with Crippen LogP contribution in [0.5, 0.6) is 0 Å². The lowest BCUT2D eigenvalue weighted by molar-refractivity contribution is 0.431. The van der Waals surface area contributed by atoms with Gasteiger partial charge in [0, 0.05) is 17.3 Å². The number of nitrogens with zero attached hydrogens (tertiary/aromatic N) is 2. The van der Waals surface area contributed by atoms with E-state index in [1.807, 2.05) is 38.2 Å². The van der Waals surface area contributed by atoms with Crippen molar-refractivity contribution in [2.75, 3.05) is 5.32 Å². The first-order valence-corrected chi connectivity index (χ1v) is 8.81. The van der Waals surface area contributed by atoms with Crippen LogP contribution in [0.15, 0.2) is 36.5 Å². The number of benzene rings is 2. The van der Waals surface area contributed by atoms with Crippen LogP contribution in [0.25, 0.3) is 10.9 Å². The average molecular weight is 335 g/mol. The molecule has 0 fully saturated rings. The minimum absolute atomic E-state index is 0.110. The molecule has 1 aliphatic rings. The molecule has 1 aliphatic carbocycles. The summed E-state index contributed by atoms with van der Waals surface area (Å²) in [5, 5.41) is 4.71. The second-order valence-corrected chi connectivity index (χ2v) is 7.03. The Kier molecular flexibility index (Phi) is 3.91. The Bertz CT molecular complexity index is 951. The molecule has 0 bridgehead atoms. The van der Waals surface area contributed by atoms with Crippen molar-refractivity contribution in [3.05, 3.63) is 64.9 Å². The number of fused-ring (bicyclic) bond motifs is 2. The first kappa shape index (κ1) is 16.0. The van der Waals surface area contributed by atoms with Crippen LogP contribution in [0, 0.1) is 25.6 Å². The zero-order chi connectivity index (χ0) is 17.6. The summed E-state index contributed by atoms with van der Waals surface area (Å²) in [5.41, 5.74) is 5.12. The van der Waals surface area contributed by atoms with Gasteiger partial charge in [-0.3, -0.25) is 0 Å². The predicted molar refractivity (Wildman–Crippen MR) is 99.3 cm³/mol. The lowest BCUT2D eigenvalue weighted by Crippen LogP contribution is -2.26. The molecule has 3 nitrogen and oxygen atoms in total. The van der Waals surface area contributed by atoms with Crippen molar-refractivity contribution in [2.24, 2.45) is 5.92 Å². The third kappa shape index (κ3) is 2.76. The standard InChI is InChI=1S/C21H22FN3/c1-12-7-8-15-13(2)18(22)10-9-16(15)21(12)25-20-6-4-5-19-17(20)11-23-14(3)24-19/h4-6,9-12,21,25H,7-8H2,1-3H3. The fraction of sp³-hybridized carbons (Fsp3) is 0.333. The number of hydrogen-bond donors (Lipinski definition) is 1. The van der Waals surface area contributed by atoms with Crippen LogP contribution in [0.2, 0.25) is 0 Å². The molecular formula is C21H22FN3. The summed E-state index contributed by atoms with van der Waals surface area (Å²) in [6.45, 7) is 6.04. The number of aryl methyl sites for hydroxylation is 1. The summed E-state index contributed by atoms with van der Waals surface area (Å²) in [6.07, 6.45) is 3.87. The second kappa shape index (κ2) is 6.10. The molecule has 0 radical (unpaired) electrons. The fourth-order valence-corrected chi connectivity index (χ4v) is 3.88. The SMILES string of the molecule is Cc1ncc2c(NC3c4ccc(F)c(C)c4CCC3C)cccc2n1. The van der Waals surface area contributed by atoms with Crippen LogP contribution in [0.3, 0.4) is 0 Å². The zero-order valence-corrected chi connectivity index (χ0v) is 14.8. The van der Waals surface area contributed by atoms with Crippen molar-refractivity contribution in [1.29, 1.82) is 0 Å². The van der Waals surface area contributed by atoms with E-state index in [9.17, 15) is 4.39 Å². The van der Waals surface area contributed by atoms with Gasteiger partial charge in [-0.15, -0.1) is 0 Å². The quantitative estimate of drug-likeness (QED) is 0.706. The predicted octanol–water partition coefficient (Wildman–Crippen LogP) is 5.12. The molecule has 128 valence electrons. The molecule has 1 N–H and O–H groups in total. The van der Waals surface area contributed by atoms with Gasteiger partial charge in [-0.1, -0.05) is 19.1 Å². The second-order valence-electron chi connectivity index (χ2n) is 7.03. The molecule has 0 spiro atoms. The van der Waals surface area contributed by atoms with Gasteiger partial charge in [0.25, 0.3) is 0 Å². The van der Waals surface area contributed by atoms with E-state index in [4.69, 9.17) is 0 Å². The lowest BCUT2D eigenvalue weighted by Gasteiger charge is -2.34. The molecule has 1 aromatic heterocycles. The molecule has 0 aliphatic heterocycles. The average Bonchev–Trinajstić information content (AvgIpc) is 2.60. The van der Waals surface area contributed by atoms with Gasteiger partial charge in [0.05, 0.1) is 11.6 Å². The van der Waals surface area contributed by atoms with E-state index in [-0.39, 0.29) is 11.9 Å². The van der Waals surface area contributed by atoms with E-state index in [0.29, 0.717) is 5.92 Å². The minimum Gasteiger partial charge on any atom is -0.377 e. The maximum Gasteiger partial charge on any atom is 0.126 e. The Labute approximate surface area is 147 Å². The molecule has 0 amide bonds. The number of aromatic nitrogens is 2. The normalized spacial score (nSPS) is 19.7. The topological polar surface area (TPSA) is 37.8 Å². The third-order valence-electron chi connectivity index (χ3n) is 5.38.